The average molecular weight is 296 g/mol. The molecular weight excluding hydrogens is 268 g/mol. The van der Waals surface area contributed by atoms with E-state index in [1.165, 1.54) is 6.42 Å². The van der Waals surface area contributed by atoms with Gasteiger partial charge in [0.05, 0.1) is 12.0 Å². The number of hydrogen-bond acceptors (Lipinski definition) is 2. The number of aliphatic carboxylic acids is 1. The van der Waals surface area contributed by atoms with Gasteiger partial charge in [-0.15, -0.1) is 0 Å². The second-order valence-electron chi connectivity index (χ2n) is 7.06. The smallest absolute Gasteiger partial charge is 0.317 e. The molecule has 1 saturated heterocycles. The zero-order chi connectivity index (χ0) is 15.5. The van der Waals surface area contributed by atoms with Gasteiger partial charge in [0, 0.05) is 13.1 Å². The van der Waals surface area contributed by atoms with Crippen LogP contribution in [-0.2, 0) is 4.79 Å². The minimum Gasteiger partial charge on any atom is -0.481 e. The molecule has 5 nitrogen and oxygen atoms in total. The van der Waals surface area contributed by atoms with Crippen LogP contribution < -0.4 is 5.32 Å². The van der Waals surface area contributed by atoms with Gasteiger partial charge in [0.2, 0.25) is 0 Å². The molecule has 2 aliphatic rings. The summed E-state index contributed by atoms with van der Waals surface area (Å²) in [6, 6.07) is -0.0691. The first-order chi connectivity index (χ1) is 9.92. The van der Waals surface area contributed by atoms with E-state index in [-0.39, 0.29) is 12.5 Å². The van der Waals surface area contributed by atoms with Gasteiger partial charge >= 0.3 is 12.0 Å². The molecule has 1 unspecified atom stereocenters. The summed E-state index contributed by atoms with van der Waals surface area (Å²) in [6.45, 7) is 6.07. The van der Waals surface area contributed by atoms with Gasteiger partial charge in [-0.25, -0.2) is 4.79 Å². The predicted octanol–water partition coefficient (Wildman–Crippen LogP) is 2.85. The Hall–Kier alpha value is -1.26. The minimum absolute atomic E-state index is 0.0429. The number of hydrogen-bond donors (Lipinski definition) is 2. The Morgan fingerprint density at radius 1 is 1.24 bits per heavy atom. The summed E-state index contributed by atoms with van der Waals surface area (Å²) in [7, 11) is 0. The van der Waals surface area contributed by atoms with Gasteiger partial charge in [0.1, 0.15) is 0 Å². The molecular formula is C16H28N2O3. The van der Waals surface area contributed by atoms with Crippen molar-refractivity contribution < 1.29 is 14.7 Å². The first-order valence-corrected chi connectivity index (χ1v) is 8.21. The highest BCUT2D eigenvalue weighted by Crippen LogP contribution is 2.35. The minimum atomic E-state index is -0.828. The van der Waals surface area contributed by atoms with E-state index >= 15 is 0 Å². The predicted molar refractivity (Wildman–Crippen MR) is 81.1 cm³/mol. The quantitative estimate of drug-likeness (QED) is 0.838. The number of carbonyl (C=O) groups excluding carboxylic acids is 1. The molecule has 0 radical (unpaired) electrons. The molecule has 120 valence electrons. The Kier molecular flexibility index (Phi) is 5.12. The van der Waals surface area contributed by atoms with Gasteiger partial charge in [-0.2, -0.15) is 0 Å². The normalized spacial score (nSPS) is 25.1. The molecule has 5 heteroatoms. The van der Waals surface area contributed by atoms with Gasteiger partial charge in [0.25, 0.3) is 0 Å². The van der Waals surface area contributed by atoms with E-state index in [9.17, 15) is 9.59 Å². The summed E-state index contributed by atoms with van der Waals surface area (Å²) in [5.41, 5.74) is -0.493. The lowest BCUT2D eigenvalue weighted by molar-refractivity contribution is -0.139. The maximum Gasteiger partial charge on any atom is 0.317 e. The van der Waals surface area contributed by atoms with E-state index in [1.807, 2.05) is 4.90 Å². The topological polar surface area (TPSA) is 69.6 Å². The molecule has 1 aliphatic carbocycles. The summed E-state index contributed by atoms with van der Waals surface area (Å²) in [5.74, 6) is 0.531. The van der Waals surface area contributed by atoms with Gasteiger partial charge in [-0.3, -0.25) is 4.79 Å². The van der Waals surface area contributed by atoms with Crippen LogP contribution in [-0.4, -0.2) is 40.6 Å². The number of amides is 2. The van der Waals surface area contributed by atoms with Crippen molar-refractivity contribution in [1.29, 1.82) is 0 Å². The van der Waals surface area contributed by atoms with Crippen molar-refractivity contribution in [2.24, 2.45) is 11.8 Å². The maximum absolute atomic E-state index is 12.4. The summed E-state index contributed by atoms with van der Waals surface area (Å²) >= 11 is 0. The third-order valence-corrected chi connectivity index (χ3v) is 5.18. The second-order valence-corrected chi connectivity index (χ2v) is 7.06. The largest absolute Gasteiger partial charge is 0.481 e. The van der Waals surface area contributed by atoms with Crippen LogP contribution in [0.15, 0.2) is 0 Å². The fourth-order valence-corrected chi connectivity index (χ4v) is 3.54. The maximum atomic E-state index is 12.4. The zero-order valence-electron chi connectivity index (χ0n) is 13.2. The molecule has 1 aliphatic heterocycles. The molecule has 1 saturated carbocycles. The van der Waals surface area contributed by atoms with Crippen LogP contribution in [0.4, 0.5) is 4.79 Å². The molecule has 0 aromatic carbocycles. The second kappa shape index (κ2) is 6.67. The molecule has 2 N–H and O–H groups in total. The standard InChI is InChI=1S/C16H28N2O3/c1-12(2)13-5-3-9-18(10-6-13)15(21)17-16(7-4-8-16)11-14(19)20/h12-13H,3-11H2,1-2H3,(H,17,21)(H,19,20). The van der Waals surface area contributed by atoms with Crippen LogP contribution in [0.1, 0.15) is 58.8 Å². The van der Waals surface area contributed by atoms with Gasteiger partial charge in [-0.05, 0) is 50.4 Å². The fraction of sp³-hybridized carbons (Fsp3) is 0.875. The van der Waals surface area contributed by atoms with Crippen LogP contribution in [0.5, 0.6) is 0 Å². The third kappa shape index (κ3) is 4.11. The van der Waals surface area contributed by atoms with Crippen LogP contribution in [0.25, 0.3) is 0 Å². The number of carboxylic acid groups (broad SMARTS) is 1. The van der Waals surface area contributed by atoms with Crippen molar-refractivity contribution in [3.05, 3.63) is 0 Å². The molecule has 0 spiro atoms. The van der Waals surface area contributed by atoms with Crippen molar-refractivity contribution in [2.75, 3.05) is 13.1 Å². The Bertz CT molecular complexity index is 391. The number of nitrogens with one attached hydrogen (secondary N) is 1. The van der Waals surface area contributed by atoms with Crippen LogP contribution in [0, 0.1) is 11.8 Å². The Balaban J connectivity index is 1.89. The van der Waals surface area contributed by atoms with Crippen molar-refractivity contribution >= 4 is 12.0 Å². The Labute approximate surface area is 127 Å². The molecule has 1 heterocycles. The Morgan fingerprint density at radius 2 is 1.95 bits per heavy atom. The van der Waals surface area contributed by atoms with Crippen LogP contribution in [0.3, 0.4) is 0 Å². The molecule has 21 heavy (non-hydrogen) atoms. The number of rotatable bonds is 4. The molecule has 0 aromatic rings. The Morgan fingerprint density at radius 3 is 2.48 bits per heavy atom. The highest BCUT2D eigenvalue weighted by Gasteiger charge is 2.41. The first-order valence-electron chi connectivity index (χ1n) is 8.21. The van der Waals surface area contributed by atoms with Crippen molar-refractivity contribution in [1.82, 2.24) is 10.2 Å². The highest BCUT2D eigenvalue weighted by atomic mass is 16.4. The molecule has 2 amide bonds. The summed E-state index contributed by atoms with van der Waals surface area (Å²) in [5, 5.41) is 12.0. The SMILES string of the molecule is CC(C)C1CCCN(C(=O)NC2(CC(=O)O)CCC2)CC1. The van der Waals surface area contributed by atoms with Crippen molar-refractivity contribution in [2.45, 2.75) is 64.3 Å². The van der Waals surface area contributed by atoms with Gasteiger partial charge < -0.3 is 15.3 Å². The lowest BCUT2D eigenvalue weighted by atomic mass is 9.74. The number of nitrogens with zero attached hydrogens (tertiary/aromatic N) is 1. The fourth-order valence-electron chi connectivity index (χ4n) is 3.54. The van der Waals surface area contributed by atoms with Crippen LogP contribution >= 0.6 is 0 Å². The molecule has 0 aromatic heterocycles. The zero-order valence-corrected chi connectivity index (χ0v) is 13.2. The van der Waals surface area contributed by atoms with E-state index in [0.717, 1.165) is 45.2 Å². The number of likely N-dealkylation sites (tertiary alicyclic amines) is 1. The van der Waals surface area contributed by atoms with Crippen LogP contribution in [0.2, 0.25) is 0 Å². The van der Waals surface area contributed by atoms with Gasteiger partial charge in [0.15, 0.2) is 0 Å². The number of carbonyl (C=O) groups is 2. The summed E-state index contributed by atoms with van der Waals surface area (Å²) < 4.78 is 0. The lowest BCUT2D eigenvalue weighted by Gasteiger charge is -2.42. The molecule has 2 fully saturated rings. The van der Waals surface area contributed by atoms with E-state index in [1.54, 1.807) is 0 Å². The van der Waals surface area contributed by atoms with E-state index in [4.69, 9.17) is 5.11 Å². The first kappa shape index (κ1) is 16.1. The number of carboxylic acids is 1. The summed E-state index contributed by atoms with van der Waals surface area (Å²) in [4.78, 5) is 25.3. The summed E-state index contributed by atoms with van der Waals surface area (Å²) in [6.07, 6.45) is 5.89. The van der Waals surface area contributed by atoms with E-state index in [2.05, 4.69) is 19.2 Å². The molecule has 1 atom stereocenters. The number of urea groups is 1. The van der Waals surface area contributed by atoms with E-state index in [0.29, 0.717) is 11.8 Å². The van der Waals surface area contributed by atoms with Crippen molar-refractivity contribution in [3.8, 4) is 0 Å². The van der Waals surface area contributed by atoms with Crippen molar-refractivity contribution in [3.63, 3.8) is 0 Å². The highest BCUT2D eigenvalue weighted by molar-refractivity contribution is 5.77. The average Bonchev–Trinajstić information content (AvgIpc) is 2.61. The molecule has 0 bridgehead atoms. The lowest BCUT2D eigenvalue weighted by Crippen LogP contribution is -2.58. The third-order valence-electron chi connectivity index (χ3n) is 5.18. The molecule has 2 rings (SSSR count). The van der Waals surface area contributed by atoms with Gasteiger partial charge in [-0.1, -0.05) is 13.8 Å². The van der Waals surface area contributed by atoms with E-state index < -0.39 is 11.5 Å². The monoisotopic (exact) mass is 296 g/mol.